The maximum Gasteiger partial charge on any atom is 0.298 e. The minimum atomic E-state index is -0.540. The number of benzene rings is 3. The first-order valence-electron chi connectivity index (χ1n) is 11.7. The van der Waals surface area contributed by atoms with Crippen molar-refractivity contribution in [3.8, 4) is 11.3 Å². The van der Waals surface area contributed by atoms with Gasteiger partial charge in [0.15, 0.2) is 5.52 Å². The van der Waals surface area contributed by atoms with Gasteiger partial charge < -0.3 is 0 Å². The largest absolute Gasteiger partial charge is 0.298 e. The van der Waals surface area contributed by atoms with Crippen LogP contribution in [0.3, 0.4) is 0 Å². The third-order valence-corrected chi connectivity index (χ3v) is 6.16. The molecule has 2 N–H and O–H groups in total. The van der Waals surface area contributed by atoms with E-state index in [1.807, 2.05) is 43.3 Å². The average molecular weight is 494 g/mol. The summed E-state index contributed by atoms with van der Waals surface area (Å²) in [6.45, 7) is 1.87. The van der Waals surface area contributed by atoms with Gasteiger partial charge in [0, 0.05) is 34.3 Å². The third-order valence-electron chi connectivity index (χ3n) is 6.16. The number of nitrogens with zero attached hydrogens (tertiary/aromatic N) is 3. The topological polar surface area (TPSA) is 123 Å². The number of non-ortho nitro benzene ring substituents is 1. The summed E-state index contributed by atoms with van der Waals surface area (Å²) in [4.78, 5) is 37.6. The summed E-state index contributed by atoms with van der Waals surface area (Å²) in [5, 5.41) is 19.2. The van der Waals surface area contributed by atoms with E-state index in [9.17, 15) is 19.7 Å². The number of hydrogen-bond donors (Lipinski definition) is 2. The lowest BCUT2D eigenvalue weighted by atomic mass is 10.0. The number of fused-ring (bicyclic) bond motifs is 1. The van der Waals surface area contributed by atoms with E-state index in [1.54, 1.807) is 36.4 Å². The molecule has 1 amide bonds. The number of hydrogen-bond acceptors (Lipinski definition) is 5. The number of aromatic amines is 1. The zero-order valence-electron chi connectivity index (χ0n) is 20.0. The quantitative estimate of drug-likeness (QED) is 0.250. The van der Waals surface area contributed by atoms with Crippen molar-refractivity contribution in [1.82, 2.24) is 14.9 Å². The molecule has 2 aromatic heterocycles. The van der Waals surface area contributed by atoms with Crippen LogP contribution in [0.25, 0.3) is 22.2 Å². The van der Waals surface area contributed by atoms with E-state index in [1.165, 1.54) is 12.1 Å². The molecule has 0 fully saturated rings. The Morgan fingerprint density at radius 2 is 1.78 bits per heavy atom. The third kappa shape index (κ3) is 4.87. The Balaban J connectivity index is 1.62. The van der Waals surface area contributed by atoms with Crippen molar-refractivity contribution in [2.24, 2.45) is 0 Å². The summed E-state index contributed by atoms with van der Waals surface area (Å²) < 4.78 is 1.11. The van der Waals surface area contributed by atoms with Crippen molar-refractivity contribution in [3.05, 3.63) is 128 Å². The smallest absolute Gasteiger partial charge is 0.281 e. The SMILES string of the molecule is Cc1cccc(C(=O)Nn2c(-c3cccc([N+](=O)[O-])c3)cc3c(CCc4ccccc4)[nH]nc3c2=O)c1. The molecule has 0 unspecified atom stereocenters. The summed E-state index contributed by atoms with van der Waals surface area (Å²) >= 11 is 0. The fraction of sp³-hybridized carbons (Fsp3) is 0.107. The van der Waals surface area contributed by atoms with Crippen LogP contribution in [0.2, 0.25) is 0 Å². The monoisotopic (exact) mass is 493 g/mol. The molecule has 0 aliphatic carbocycles. The van der Waals surface area contributed by atoms with Gasteiger partial charge in [0.25, 0.3) is 17.2 Å². The van der Waals surface area contributed by atoms with Crippen LogP contribution in [0.5, 0.6) is 0 Å². The van der Waals surface area contributed by atoms with Gasteiger partial charge in [-0.15, -0.1) is 0 Å². The van der Waals surface area contributed by atoms with Crippen molar-refractivity contribution >= 4 is 22.5 Å². The maximum absolute atomic E-state index is 13.6. The highest BCUT2D eigenvalue weighted by molar-refractivity contribution is 6.00. The Kier molecular flexibility index (Phi) is 6.34. The number of H-pyrrole nitrogens is 1. The Labute approximate surface area is 211 Å². The van der Waals surface area contributed by atoms with Gasteiger partial charge in [-0.1, -0.05) is 60.2 Å². The van der Waals surface area contributed by atoms with Gasteiger partial charge in [0.1, 0.15) is 0 Å². The number of carbonyl (C=O) groups is 1. The maximum atomic E-state index is 13.6. The van der Waals surface area contributed by atoms with Crippen molar-refractivity contribution in [2.75, 3.05) is 5.43 Å². The molecule has 0 saturated heterocycles. The van der Waals surface area contributed by atoms with Gasteiger partial charge in [0.05, 0.1) is 10.6 Å². The molecule has 2 heterocycles. The molecule has 37 heavy (non-hydrogen) atoms. The second kappa shape index (κ2) is 9.90. The highest BCUT2D eigenvalue weighted by atomic mass is 16.6. The summed E-state index contributed by atoms with van der Waals surface area (Å²) in [6, 6.07) is 24.6. The van der Waals surface area contributed by atoms with Crippen LogP contribution in [0.15, 0.2) is 89.7 Å². The van der Waals surface area contributed by atoms with Crippen LogP contribution in [0.1, 0.15) is 27.2 Å². The minimum Gasteiger partial charge on any atom is -0.281 e. The summed E-state index contributed by atoms with van der Waals surface area (Å²) in [6.07, 6.45) is 1.34. The normalized spacial score (nSPS) is 10.9. The first-order chi connectivity index (χ1) is 17.9. The zero-order valence-corrected chi connectivity index (χ0v) is 20.0. The number of nitro groups is 1. The molecule has 9 heteroatoms. The van der Waals surface area contributed by atoms with Crippen molar-refractivity contribution in [2.45, 2.75) is 19.8 Å². The lowest BCUT2D eigenvalue weighted by Gasteiger charge is -2.15. The predicted molar refractivity (Wildman–Crippen MR) is 141 cm³/mol. The molecule has 0 atom stereocenters. The standard InChI is InChI=1S/C28H23N5O4/c1-18-7-5-11-21(15-18)27(34)31-32-25(20-10-6-12-22(16-20)33(36)37)17-23-24(29-30-26(23)28(32)35)14-13-19-8-3-2-4-9-19/h2-12,15-17H,13-14H2,1H3,(H,29,30)(H,31,34). The van der Waals surface area contributed by atoms with Gasteiger partial charge in [-0.3, -0.25) is 30.2 Å². The molecule has 184 valence electrons. The van der Waals surface area contributed by atoms with Gasteiger partial charge >= 0.3 is 0 Å². The number of pyridine rings is 1. The molecule has 5 aromatic rings. The van der Waals surface area contributed by atoms with Gasteiger partial charge in [-0.2, -0.15) is 5.10 Å². The summed E-state index contributed by atoms with van der Waals surface area (Å²) in [7, 11) is 0. The van der Waals surface area contributed by atoms with E-state index in [-0.39, 0.29) is 11.2 Å². The van der Waals surface area contributed by atoms with Crippen LogP contribution in [-0.2, 0) is 12.8 Å². The second-order valence-corrected chi connectivity index (χ2v) is 8.74. The summed E-state index contributed by atoms with van der Waals surface area (Å²) in [5.41, 5.74) is 6.07. The van der Waals surface area contributed by atoms with E-state index >= 15 is 0 Å². The number of carbonyl (C=O) groups excluding carboxylic acids is 1. The molecule has 0 aliphatic rings. The number of aryl methyl sites for hydroxylation is 3. The van der Waals surface area contributed by atoms with Crippen molar-refractivity contribution in [3.63, 3.8) is 0 Å². The number of nitrogens with one attached hydrogen (secondary N) is 2. The Morgan fingerprint density at radius 3 is 2.54 bits per heavy atom. The fourth-order valence-corrected chi connectivity index (χ4v) is 4.28. The lowest BCUT2D eigenvalue weighted by Crippen LogP contribution is -2.34. The molecular weight excluding hydrogens is 470 g/mol. The van der Waals surface area contributed by atoms with Gasteiger partial charge in [-0.05, 0) is 43.5 Å². The molecular formula is C28H23N5O4. The van der Waals surface area contributed by atoms with Crippen molar-refractivity contribution < 1.29 is 9.72 Å². The molecule has 0 radical (unpaired) electrons. The van der Waals surface area contributed by atoms with Gasteiger partial charge in [-0.25, -0.2) is 4.68 Å². The van der Waals surface area contributed by atoms with Gasteiger partial charge in [0.2, 0.25) is 0 Å². The molecule has 0 spiro atoms. The van der Waals surface area contributed by atoms with Crippen LogP contribution >= 0.6 is 0 Å². The van der Waals surface area contributed by atoms with Crippen LogP contribution in [-0.4, -0.2) is 25.7 Å². The average Bonchev–Trinajstić information content (AvgIpc) is 3.32. The molecule has 0 bridgehead atoms. The van der Waals surface area contributed by atoms with E-state index in [4.69, 9.17) is 0 Å². The number of nitro benzene ring substituents is 1. The first kappa shape index (κ1) is 23.7. The predicted octanol–water partition coefficient (Wildman–Crippen LogP) is 4.78. The van der Waals surface area contributed by atoms with Crippen LogP contribution in [0, 0.1) is 17.0 Å². The number of amides is 1. The van der Waals surface area contributed by atoms with Crippen LogP contribution in [0.4, 0.5) is 5.69 Å². The lowest BCUT2D eigenvalue weighted by molar-refractivity contribution is -0.384. The Morgan fingerprint density at radius 1 is 1.00 bits per heavy atom. The molecule has 9 nitrogen and oxygen atoms in total. The first-order valence-corrected chi connectivity index (χ1v) is 11.7. The van der Waals surface area contributed by atoms with E-state index < -0.39 is 16.4 Å². The van der Waals surface area contributed by atoms with Crippen molar-refractivity contribution in [1.29, 1.82) is 0 Å². The van der Waals surface area contributed by atoms with Crippen LogP contribution < -0.4 is 11.0 Å². The van der Waals surface area contributed by atoms with E-state index in [0.717, 1.165) is 27.9 Å². The summed E-state index contributed by atoms with van der Waals surface area (Å²) in [5.74, 6) is -0.489. The molecule has 0 aliphatic heterocycles. The fourth-order valence-electron chi connectivity index (χ4n) is 4.28. The van der Waals surface area contributed by atoms with E-state index in [0.29, 0.717) is 28.6 Å². The number of rotatable bonds is 7. The Bertz CT molecular complexity index is 1690. The second-order valence-electron chi connectivity index (χ2n) is 8.74. The van der Waals surface area contributed by atoms with E-state index in [2.05, 4.69) is 15.6 Å². The highest BCUT2D eigenvalue weighted by Gasteiger charge is 2.20. The minimum absolute atomic E-state index is 0.127. The Hall–Kier alpha value is -5.05. The zero-order chi connectivity index (χ0) is 25.9. The highest BCUT2D eigenvalue weighted by Crippen LogP contribution is 2.26. The molecule has 3 aromatic carbocycles. The number of aromatic nitrogens is 3. The molecule has 0 saturated carbocycles. The molecule has 5 rings (SSSR count).